The predicted octanol–water partition coefficient (Wildman–Crippen LogP) is 1.56. The van der Waals surface area contributed by atoms with Crippen LogP contribution in [0.2, 0.25) is 5.02 Å². The average Bonchev–Trinajstić information content (AvgIpc) is 4.20. The molecular formula is C54H77ClN6O16. The molecule has 3 heterocycles. The fraction of sp³-hybridized carbons (Fsp3) is 0.611. The lowest BCUT2D eigenvalue weighted by Crippen LogP contribution is -2.60. The molecule has 3 aliphatic rings. The van der Waals surface area contributed by atoms with Gasteiger partial charge in [0.25, 0.3) is 0 Å². The van der Waals surface area contributed by atoms with Gasteiger partial charge in [-0.05, 0) is 73.4 Å². The molecule has 2 aromatic carbocycles. The largest absolute Gasteiger partial charge is 0.495 e. The molecule has 10 N–H and O–H groups in total. The van der Waals surface area contributed by atoms with E-state index in [-0.39, 0.29) is 63.6 Å². The second-order valence-electron chi connectivity index (χ2n) is 21.2. The molecule has 0 aromatic heterocycles. The van der Waals surface area contributed by atoms with Crippen molar-refractivity contribution in [2.75, 3.05) is 27.3 Å². The monoisotopic (exact) mass is 1100 g/mol. The third kappa shape index (κ3) is 17.6. The summed E-state index contributed by atoms with van der Waals surface area (Å²) in [4.78, 5) is 94.4. The first-order valence-electron chi connectivity index (χ1n) is 25.9. The van der Waals surface area contributed by atoms with Crippen LogP contribution in [-0.2, 0) is 70.2 Å². The number of cyclic esters (lactones) is 2. The number of carbonyl (C=O) groups excluding carboxylic acids is 7. The molecule has 77 heavy (non-hydrogen) atoms. The molecule has 22 nitrogen and oxygen atoms in total. The quantitative estimate of drug-likeness (QED) is 0.0671. The second kappa shape index (κ2) is 28.2. The van der Waals surface area contributed by atoms with E-state index in [0.717, 1.165) is 5.56 Å². The minimum atomic E-state index is -1.58. The van der Waals surface area contributed by atoms with E-state index in [9.17, 15) is 48.9 Å². The van der Waals surface area contributed by atoms with Crippen molar-refractivity contribution in [3.63, 3.8) is 0 Å². The van der Waals surface area contributed by atoms with Crippen LogP contribution in [0.15, 0.2) is 54.6 Å². The van der Waals surface area contributed by atoms with Gasteiger partial charge >= 0.3 is 11.9 Å². The Hall–Kier alpha value is -5.72. The molecule has 0 aliphatic carbocycles. The third-order valence-electron chi connectivity index (χ3n) is 13.8. The number of hydrogen-bond acceptors (Lipinski definition) is 17. The van der Waals surface area contributed by atoms with E-state index in [0.29, 0.717) is 21.9 Å². The van der Waals surface area contributed by atoms with Gasteiger partial charge in [-0.1, -0.05) is 82.6 Å². The Balaban J connectivity index is 1.25. The number of methoxy groups -OCH3 is 2. The first kappa shape index (κ1) is 62.1. The van der Waals surface area contributed by atoms with Gasteiger partial charge in [0, 0.05) is 51.9 Å². The summed E-state index contributed by atoms with van der Waals surface area (Å²) in [5.41, 5.74) is 6.90. The SMILES string of the molecule is COc1ccc(C[C@H]2NC(=O)/C=C/C[C@@H]([C@H](C)[C@H]3O[C@@H]3c3ccc(CNC(=O)[C@H](CCC(=O)NC[C@H]4O[C@@H](OC)[C@H](O)[C@@H](O)[C@@H]4O)NC(=O)[C@@H](N)C(C)C)cc3)OC(=O)[C@H](CC(C)C)OC(=O)C(C)(C)CNC2=O)cc1Cl. The second-order valence-corrected chi connectivity index (χ2v) is 21.6. The molecule has 2 fully saturated rings. The van der Waals surface area contributed by atoms with Gasteiger partial charge in [-0.15, -0.1) is 0 Å². The standard InChI is InChI=1S/C54H77ClN6O16/c1-27(2)21-38-51(70)74-36(11-10-12-41(63)60-35(23-31-15-19-37(72-8)33(55)22-31)49(68)59-26-54(6,7)53(71)76-38)29(5)46-47(77-46)32-16-13-30(14-17-32)24-58-48(67)34(61-50(69)42(56)28(3)4)18-20-40(62)57-25-39-43(64)44(65)45(66)52(73-9)75-39/h10,12-17,19,22,27-29,34-36,38-39,42-47,52,64-66H,11,18,20-21,23-26,56H2,1-9H3,(H,57,62)(H,58,67)(H,59,68)(H,60,63)(H,61,69)/b12-10+/t29-,34-,35+,36-,38-,39+,42-,43+,44-,45+,46+,47+,52+/m0/s1. The smallest absolute Gasteiger partial charge is 0.347 e. The van der Waals surface area contributed by atoms with Crippen LogP contribution in [0.5, 0.6) is 5.75 Å². The van der Waals surface area contributed by atoms with Gasteiger partial charge in [0.15, 0.2) is 12.4 Å². The van der Waals surface area contributed by atoms with Crippen LogP contribution >= 0.6 is 11.6 Å². The first-order valence-corrected chi connectivity index (χ1v) is 26.3. The molecule has 2 aromatic rings. The zero-order valence-electron chi connectivity index (χ0n) is 45.1. The number of ether oxygens (including phenoxy) is 6. The maximum atomic E-state index is 14.0. The lowest BCUT2D eigenvalue weighted by molar-refractivity contribution is -0.288. The summed E-state index contributed by atoms with van der Waals surface area (Å²) in [7, 11) is 2.73. The molecule has 13 atom stereocenters. The Bertz CT molecular complexity index is 2400. The van der Waals surface area contributed by atoms with E-state index in [2.05, 4.69) is 26.6 Å². The Morgan fingerprint density at radius 2 is 1.58 bits per heavy atom. The minimum Gasteiger partial charge on any atom is -0.495 e. The normalized spacial score (nSPS) is 27.7. The summed E-state index contributed by atoms with van der Waals surface area (Å²) in [5, 5.41) is 44.5. The molecule has 3 aliphatic heterocycles. The molecule has 5 amide bonds. The van der Waals surface area contributed by atoms with Crippen molar-refractivity contribution in [3.05, 3.63) is 76.3 Å². The van der Waals surface area contributed by atoms with Crippen LogP contribution in [0, 0.1) is 23.2 Å². The van der Waals surface area contributed by atoms with Gasteiger partial charge in [0.1, 0.15) is 54.5 Å². The predicted molar refractivity (Wildman–Crippen MR) is 279 cm³/mol. The van der Waals surface area contributed by atoms with Crippen molar-refractivity contribution < 1.29 is 77.3 Å². The minimum absolute atomic E-state index is 0.0451. The number of benzene rings is 2. The molecule has 0 radical (unpaired) electrons. The van der Waals surface area contributed by atoms with E-state index in [1.165, 1.54) is 20.3 Å². The number of hydrogen-bond donors (Lipinski definition) is 9. The van der Waals surface area contributed by atoms with Crippen molar-refractivity contribution in [2.45, 2.75) is 160 Å². The van der Waals surface area contributed by atoms with Crippen molar-refractivity contribution in [2.24, 2.45) is 28.9 Å². The Morgan fingerprint density at radius 1 is 0.896 bits per heavy atom. The Morgan fingerprint density at radius 3 is 2.22 bits per heavy atom. The van der Waals surface area contributed by atoms with Crippen LogP contribution < -0.4 is 37.1 Å². The number of halogens is 1. The highest BCUT2D eigenvalue weighted by Gasteiger charge is 2.48. The number of aliphatic hydroxyl groups excluding tert-OH is 3. The van der Waals surface area contributed by atoms with Crippen molar-refractivity contribution >= 4 is 53.1 Å². The molecule has 426 valence electrons. The first-order chi connectivity index (χ1) is 36.3. The van der Waals surface area contributed by atoms with Gasteiger partial charge in [-0.3, -0.25) is 28.8 Å². The van der Waals surface area contributed by atoms with Crippen molar-refractivity contribution in [1.82, 2.24) is 26.6 Å². The zero-order valence-corrected chi connectivity index (χ0v) is 45.9. The fourth-order valence-corrected chi connectivity index (χ4v) is 8.94. The van der Waals surface area contributed by atoms with Gasteiger partial charge in [-0.2, -0.15) is 0 Å². The number of esters is 2. The number of aliphatic hydroxyl groups is 3. The van der Waals surface area contributed by atoms with E-state index >= 15 is 0 Å². The lowest BCUT2D eigenvalue weighted by atomic mass is 9.92. The summed E-state index contributed by atoms with van der Waals surface area (Å²) < 4.78 is 33.9. The maximum absolute atomic E-state index is 14.0. The third-order valence-corrected chi connectivity index (χ3v) is 14.1. The fourth-order valence-electron chi connectivity index (χ4n) is 8.66. The van der Waals surface area contributed by atoms with Crippen LogP contribution in [0.3, 0.4) is 0 Å². The summed E-state index contributed by atoms with van der Waals surface area (Å²) in [6.07, 6.45) is -7.20. The van der Waals surface area contributed by atoms with Crippen molar-refractivity contribution in [3.8, 4) is 5.75 Å². The molecule has 0 unspecified atom stereocenters. The number of nitrogens with one attached hydrogen (secondary N) is 5. The molecular weight excluding hydrogens is 1020 g/mol. The number of rotatable bonds is 20. The molecule has 23 heteroatoms. The molecule has 0 spiro atoms. The number of epoxide rings is 1. The highest BCUT2D eigenvalue weighted by molar-refractivity contribution is 6.32. The van der Waals surface area contributed by atoms with Crippen LogP contribution in [0.4, 0.5) is 0 Å². The Labute approximate surface area is 454 Å². The zero-order chi connectivity index (χ0) is 56.9. The molecule has 5 rings (SSSR count). The number of amides is 5. The average molecular weight is 1100 g/mol. The number of nitrogens with two attached hydrogens (primary N) is 1. The van der Waals surface area contributed by atoms with Gasteiger partial charge in [0.05, 0.1) is 29.7 Å². The maximum Gasteiger partial charge on any atom is 0.347 e. The van der Waals surface area contributed by atoms with Crippen LogP contribution in [0.25, 0.3) is 0 Å². The van der Waals surface area contributed by atoms with Crippen LogP contribution in [0.1, 0.15) is 96.9 Å². The highest BCUT2D eigenvalue weighted by atomic mass is 35.5. The topological polar surface area (TPSA) is 325 Å². The van der Waals surface area contributed by atoms with E-state index < -0.39 is 126 Å². The van der Waals surface area contributed by atoms with Crippen molar-refractivity contribution in [1.29, 1.82) is 0 Å². The Kier molecular flexibility index (Phi) is 22.8. The summed E-state index contributed by atoms with van der Waals surface area (Å²) in [5.74, 6) is -4.68. The molecule has 0 bridgehead atoms. The highest BCUT2D eigenvalue weighted by Crippen LogP contribution is 2.45. The molecule has 0 saturated carbocycles. The van der Waals surface area contributed by atoms with E-state index in [1.54, 1.807) is 64.1 Å². The molecule has 2 saturated heterocycles. The summed E-state index contributed by atoms with van der Waals surface area (Å²) >= 11 is 6.37. The van der Waals surface area contributed by atoms with Gasteiger partial charge in [0.2, 0.25) is 29.5 Å². The van der Waals surface area contributed by atoms with Crippen LogP contribution in [-0.4, -0.2) is 151 Å². The van der Waals surface area contributed by atoms with E-state index in [4.69, 9.17) is 45.8 Å². The summed E-state index contributed by atoms with van der Waals surface area (Å²) in [6.45, 7) is 11.9. The van der Waals surface area contributed by atoms with Gasteiger partial charge in [-0.25, -0.2) is 4.79 Å². The number of carbonyl (C=O) groups is 7. The summed E-state index contributed by atoms with van der Waals surface area (Å²) in [6, 6.07) is 9.09. The van der Waals surface area contributed by atoms with Gasteiger partial charge < -0.3 is 76.1 Å². The lowest BCUT2D eigenvalue weighted by Gasteiger charge is -2.39. The van der Waals surface area contributed by atoms with E-state index in [1.807, 2.05) is 32.9 Å².